The monoisotopic (exact) mass is 410 g/mol. The number of aromatic nitrogens is 1. The van der Waals surface area contributed by atoms with Crippen molar-refractivity contribution in [3.63, 3.8) is 0 Å². The van der Waals surface area contributed by atoms with Gasteiger partial charge in [-0.2, -0.15) is 0 Å². The SMILES string of the molecule is CCC(=O)N(C)c1ccc(N2CCN(C(=O)CCc3cccnc3OC)CC2)cc1. The van der Waals surface area contributed by atoms with Crippen LogP contribution in [0.25, 0.3) is 0 Å². The van der Waals surface area contributed by atoms with Crippen LogP contribution in [0.2, 0.25) is 0 Å². The normalized spacial score (nSPS) is 13.8. The molecule has 7 nitrogen and oxygen atoms in total. The van der Waals surface area contributed by atoms with Gasteiger partial charge in [0.1, 0.15) is 0 Å². The number of hydrogen-bond donors (Lipinski definition) is 0. The fourth-order valence-corrected chi connectivity index (χ4v) is 3.68. The maximum Gasteiger partial charge on any atom is 0.226 e. The second-order valence-corrected chi connectivity index (χ2v) is 7.36. The van der Waals surface area contributed by atoms with Crippen molar-refractivity contribution in [1.29, 1.82) is 0 Å². The molecule has 1 fully saturated rings. The summed E-state index contributed by atoms with van der Waals surface area (Å²) in [5.41, 5.74) is 2.96. The van der Waals surface area contributed by atoms with Crippen molar-refractivity contribution in [2.24, 2.45) is 0 Å². The zero-order chi connectivity index (χ0) is 21.5. The van der Waals surface area contributed by atoms with E-state index in [1.165, 1.54) is 0 Å². The van der Waals surface area contributed by atoms with Crippen LogP contribution in [-0.4, -0.2) is 62.0 Å². The molecule has 0 bridgehead atoms. The summed E-state index contributed by atoms with van der Waals surface area (Å²) in [6.45, 7) is 4.87. The second-order valence-electron chi connectivity index (χ2n) is 7.36. The molecule has 30 heavy (non-hydrogen) atoms. The van der Waals surface area contributed by atoms with Gasteiger partial charge in [0.2, 0.25) is 17.7 Å². The van der Waals surface area contributed by atoms with Gasteiger partial charge in [-0.05, 0) is 36.8 Å². The molecule has 2 aromatic rings. The van der Waals surface area contributed by atoms with Gasteiger partial charge in [0.05, 0.1) is 7.11 Å². The lowest BCUT2D eigenvalue weighted by atomic mass is 10.1. The Kier molecular flexibility index (Phi) is 7.27. The van der Waals surface area contributed by atoms with Crippen LogP contribution in [0, 0.1) is 0 Å². The molecule has 3 rings (SSSR count). The number of piperazine rings is 1. The van der Waals surface area contributed by atoms with Gasteiger partial charge in [-0.25, -0.2) is 4.98 Å². The molecular weight excluding hydrogens is 380 g/mol. The van der Waals surface area contributed by atoms with Gasteiger partial charge < -0.3 is 19.4 Å². The lowest BCUT2D eigenvalue weighted by Crippen LogP contribution is -2.48. The highest BCUT2D eigenvalue weighted by Gasteiger charge is 2.21. The first-order chi connectivity index (χ1) is 14.5. The molecule has 2 amide bonds. The van der Waals surface area contributed by atoms with E-state index in [0.29, 0.717) is 38.2 Å². The van der Waals surface area contributed by atoms with Crippen LogP contribution >= 0.6 is 0 Å². The summed E-state index contributed by atoms with van der Waals surface area (Å²) in [5.74, 6) is 0.847. The van der Waals surface area contributed by atoms with E-state index in [1.54, 1.807) is 25.3 Å². The third kappa shape index (κ3) is 5.09. The average Bonchev–Trinajstić information content (AvgIpc) is 2.81. The molecular formula is C23H30N4O3. The number of rotatable bonds is 7. The largest absolute Gasteiger partial charge is 0.481 e. The highest BCUT2D eigenvalue weighted by molar-refractivity contribution is 5.92. The van der Waals surface area contributed by atoms with E-state index >= 15 is 0 Å². The molecule has 7 heteroatoms. The third-order valence-electron chi connectivity index (χ3n) is 5.56. The van der Waals surface area contributed by atoms with E-state index < -0.39 is 0 Å². The molecule has 0 radical (unpaired) electrons. The predicted octanol–water partition coefficient (Wildman–Crippen LogP) is 2.74. The highest BCUT2D eigenvalue weighted by atomic mass is 16.5. The van der Waals surface area contributed by atoms with Crippen molar-refractivity contribution >= 4 is 23.2 Å². The number of nitrogens with zero attached hydrogens (tertiary/aromatic N) is 4. The maximum atomic E-state index is 12.6. The minimum atomic E-state index is 0.0961. The summed E-state index contributed by atoms with van der Waals surface area (Å²) >= 11 is 0. The van der Waals surface area contributed by atoms with E-state index in [2.05, 4.69) is 9.88 Å². The van der Waals surface area contributed by atoms with Crippen LogP contribution < -0.4 is 14.5 Å². The first kappa shape index (κ1) is 21.6. The van der Waals surface area contributed by atoms with Crippen LogP contribution in [-0.2, 0) is 16.0 Å². The van der Waals surface area contributed by atoms with Gasteiger partial charge >= 0.3 is 0 Å². The number of methoxy groups -OCH3 is 1. The van der Waals surface area contributed by atoms with Crippen molar-refractivity contribution in [2.45, 2.75) is 26.2 Å². The molecule has 160 valence electrons. The number of pyridine rings is 1. The molecule has 2 heterocycles. The van der Waals surface area contributed by atoms with Crippen LogP contribution in [0.4, 0.5) is 11.4 Å². The molecule has 1 aliphatic heterocycles. The number of carbonyl (C=O) groups is 2. The highest BCUT2D eigenvalue weighted by Crippen LogP contribution is 2.22. The van der Waals surface area contributed by atoms with Gasteiger partial charge in [0, 0.05) is 69.2 Å². The van der Waals surface area contributed by atoms with Crippen molar-refractivity contribution in [2.75, 3.05) is 50.1 Å². The standard InChI is InChI=1S/C23H30N4O3/c1-4-21(28)25(2)19-8-10-20(11-9-19)26-14-16-27(17-15-26)22(29)12-7-18-6-5-13-24-23(18)30-3/h5-6,8-11,13H,4,7,12,14-17H2,1-3H3. The summed E-state index contributed by atoms with van der Waals surface area (Å²) in [7, 11) is 3.39. The smallest absolute Gasteiger partial charge is 0.226 e. The maximum absolute atomic E-state index is 12.6. The van der Waals surface area contributed by atoms with Gasteiger partial charge in [0.15, 0.2) is 0 Å². The molecule has 0 spiro atoms. The Balaban J connectivity index is 1.50. The average molecular weight is 411 g/mol. The van der Waals surface area contributed by atoms with Crippen molar-refractivity contribution in [3.05, 3.63) is 48.2 Å². The number of ether oxygens (including phenoxy) is 1. The van der Waals surface area contributed by atoms with Gasteiger partial charge in [-0.1, -0.05) is 13.0 Å². The number of benzene rings is 1. The Labute approximate surface area is 178 Å². The summed E-state index contributed by atoms with van der Waals surface area (Å²) in [5, 5.41) is 0. The van der Waals surface area contributed by atoms with E-state index in [1.807, 2.05) is 48.2 Å². The van der Waals surface area contributed by atoms with E-state index in [0.717, 1.165) is 30.0 Å². The summed E-state index contributed by atoms with van der Waals surface area (Å²) in [6.07, 6.45) is 3.26. The minimum absolute atomic E-state index is 0.0961. The van der Waals surface area contributed by atoms with Crippen molar-refractivity contribution in [1.82, 2.24) is 9.88 Å². The summed E-state index contributed by atoms with van der Waals surface area (Å²) in [4.78, 5) is 34.6. The molecule has 0 N–H and O–H groups in total. The van der Waals surface area contributed by atoms with E-state index in [-0.39, 0.29) is 11.8 Å². The Bertz CT molecular complexity index is 861. The minimum Gasteiger partial charge on any atom is -0.481 e. The predicted molar refractivity (Wildman–Crippen MR) is 118 cm³/mol. The Morgan fingerprint density at radius 2 is 1.80 bits per heavy atom. The summed E-state index contributed by atoms with van der Waals surface area (Å²) < 4.78 is 5.26. The Morgan fingerprint density at radius 3 is 2.43 bits per heavy atom. The van der Waals surface area contributed by atoms with Gasteiger partial charge in [0.25, 0.3) is 0 Å². The number of hydrogen-bond acceptors (Lipinski definition) is 5. The van der Waals surface area contributed by atoms with Crippen molar-refractivity contribution < 1.29 is 14.3 Å². The van der Waals surface area contributed by atoms with Crippen molar-refractivity contribution in [3.8, 4) is 5.88 Å². The second kappa shape index (κ2) is 10.1. The fourth-order valence-electron chi connectivity index (χ4n) is 3.68. The summed E-state index contributed by atoms with van der Waals surface area (Å²) in [6, 6.07) is 11.8. The van der Waals surface area contributed by atoms with Gasteiger partial charge in [-0.15, -0.1) is 0 Å². The Hall–Kier alpha value is -3.09. The molecule has 0 atom stereocenters. The zero-order valence-electron chi connectivity index (χ0n) is 18.0. The molecule has 1 aromatic heterocycles. The first-order valence-corrected chi connectivity index (χ1v) is 10.4. The Morgan fingerprint density at radius 1 is 1.10 bits per heavy atom. The van der Waals surface area contributed by atoms with Gasteiger partial charge in [-0.3, -0.25) is 9.59 Å². The molecule has 0 aliphatic carbocycles. The quantitative estimate of drug-likeness (QED) is 0.702. The first-order valence-electron chi connectivity index (χ1n) is 10.4. The van der Waals surface area contributed by atoms with Crippen LogP contribution in [0.1, 0.15) is 25.3 Å². The number of amides is 2. The zero-order valence-corrected chi connectivity index (χ0v) is 18.0. The fraction of sp³-hybridized carbons (Fsp3) is 0.435. The van der Waals surface area contributed by atoms with E-state index in [9.17, 15) is 9.59 Å². The molecule has 1 aromatic carbocycles. The number of aryl methyl sites for hydroxylation is 1. The number of carbonyl (C=O) groups excluding carboxylic acids is 2. The third-order valence-corrected chi connectivity index (χ3v) is 5.56. The molecule has 1 aliphatic rings. The van der Waals surface area contributed by atoms with Crippen LogP contribution in [0.3, 0.4) is 0 Å². The lowest BCUT2D eigenvalue weighted by Gasteiger charge is -2.36. The van der Waals surface area contributed by atoms with Crippen LogP contribution in [0.15, 0.2) is 42.6 Å². The molecule has 0 unspecified atom stereocenters. The molecule has 1 saturated heterocycles. The van der Waals surface area contributed by atoms with E-state index in [4.69, 9.17) is 4.74 Å². The topological polar surface area (TPSA) is 66.0 Å². The van der Waals surface area contributed by atoms with Crippen LogP contribution in [0.5, 0.6) is 5.88 Å². The number of anilines is 2. The molecule has 0 saturated carbocycles. The lowest BCUT2D eigenvalue weighted by molar-refractivity contribution is -0.131.